The van der Waals surface area contributed by atoms with E-state index in [-0.39, 0.29) is 0 Å². The molecule has 4 nitrogen and oxygen atoms in total. The van der Waals surface area contributed by atoms with Crippen molar-refractivity contribution in [3.63, 3.8) is 0 Å². The van der Waals surface area contributed by atoms with E-state index in [1.807, 2.05) is 0 Å². The first-order valence-electron chi connectivity index (χ1n) is 6.79. The van der Waals surface area contributed by atoms with Gasteiger partial charge in [0.2, 0.25) is 0 Å². The zero-order chi connectivity index (χ0) is 13.8. The van der Waals surface area contributed by atoms with Crippen molar-refractivity contribution in [2.24, 2.45) is 5.73 Å². The number of aryl methyl sites for hydroxylation is 2. The maximum atomic E-state index is 5.65. The van der Waals surface area contributed by atoms with Crippen molar-refractivity contribution in [3.05, 3.63) is 39.9 Å². The van der Waals surface area contributed by atoms with Gasteiger partial charge in [-0.2, -0.15) is 5.10 Å². The molecule has 0 amide bonds. The van der Waals surface area contributed by atoms with Crippen molar-refractivity contribution in [1.29, 1.82) is 0 Å². The summed E-state index contributed by atoms with van der Waals surface area (Å²) in [7, 11) is 0. The van der Waals surface area contributed by atoms with Gasteiger partial charge in [0, 0.05) is 18.4 Å². The Hall–Kier alpha value is -1.07. The summed E-state index contributed by atoms with van der Waals surface area (Å²) < 4.78 is 5.47. The van der Waals surface area contributed by atoms with Gasteiger partial charge in [-0.05, 0) is 54.4 Å². The summed E-state index contributed by atoms with van der Waals surface area (Å²) in [5.74, 6) is 0. The van der Waals surface area contributed by atoms with Crippen LogP contribution in [0.15, 0.2) is 22.8 Å². The summed E-state index contributed by atoms with van der Waals surface area (Å²) in [5, 5.41) is 4.63. The molecule has 0 spiro atoms. The molecule has 0 aliphatic carbocycles. The Kier molecular flexibility index (Phi) is 4.82. The zero-order valence-electron chi connectivity index (χ0n) is 11.6. The van der Waals surface area contributed by atoms with Crippen LogP contribution in [-0.2, 0) is 25.9 Å². The highest BCUT2D eigenvalue weighted by Crippen LogP contribution is 2.23. The molecule has 0 aliphatic heterocycles. The Balaban J connectivity index is 2.32. The van der Waals surface area contributed by atoms with E-state index in [2.05, 4.69) is 62.5 Å². The number of rotatable bonds is 6. The monoisotopic (exact) mass is 324 g/mol. The van der Waals surface area contributed by atoms with E-state index in [9.17, 15) is 0 Å². The number of halogens is 1. The third kappa shape index (κ3) is 2.92. The minimum Gasteiger partial charge on any atom is -0.345 e. The first kappa shape index (κ1) is 14.3. The fourth-order valence-corrected chi connectivity index (χ4v) is 3.00. The third-order valence-electron chi connectivity index (χ3n) is 3.34. The van der Waals surface area contributed by atoms with Gasteiger partial charge >= 0.3 is 0 Å². The van der Waals surface area contributed by atoms with E-state index in [1.54, 1.807) is 0 Å². The van der Waals surface area contributed by atoms with Crippen molar-refractivity contribution >= 4 is 15.9 Å². The second-order valence-electron chi connectivity index (χ2n) is 4.54. The first-order chi connectivity index (χ1) is 9.21. The maximum Gasteiger partial charge on any atom is 0.0767 e. The van der Waals surface area contributed by atoms with Crippen molar-refractivity contribution in [2.75, 3.05) is 6.54 Å². The maximum absolute atomic E-state index is 5.65. The van der Waals surface area contributed by atoms with E-state index in [0.717, 1.165) is 36.1 Å². The lowest BCUT2D eigenvalue weighted by Gasteiger charge is -2.10. The SMILES string of the molecule is CCc1nn(CC)c(Cn2cccc2CCN)c1Br. The number of aromatic nitrogens is 3. The molecule has 0 fully saturated rings. The van der Waals surface area contributed by atoms with Gasteiger partial charge in [0.05, 0.1) is 22.4 Å². The molecule has 0 saturated heterocycles. The molecule has 0 bridgehead atoms. The van der Waals surface area contributed by atoms with Crippen LogP contribution in [0.1, 0.15) is 30.9 Å². The fourth-order valence-electron chi connectivity index (χ4n) is 2.31. The predicted octanol–water partition coefficient (Wildman–Crippen LogP) is 2.58. The highest BCUT2D eigenvalue weighted by Gasteiger charge is 2.14. The lowest BCUT2D eigenvalue weighted by atomic mass is 10.3. The van der Waals surface area contributed by atoms with Crippen LogP contribution in [0.3, 0.4) is 0 Å². The normalized spacial score (nSPS) is 11.2. The minimum absolute atomic E-state index is 0.679. The summed E-state index contributed by atoms with van der Waals surface area (Å²) in [6.07, 6.45) is 3.96. The second-order valence-corrected chi connectivity index (χ2v) is 5.34. The summed E-state index contributed by atoms with van der Waals surface area (Å²) in [4.78, 5) is 0. The van der Waals surface area contributed by atoms with Crippen LogP contribution in [0.5, 0.6) is 0 Å². The van der Waals surface area contributed by atoms with Crippen LogP contribution in [-0.4, -0.2) is 20.9 Å². The fraction of sp³-hybridized carbons (Fsp3) is 0.500. The molecular weight excluding hydrogens is 304 g/mol. The molecule has 5 heteroatoms. The van der Waals surface area contributed by atoms with Gasteiger partial charge in [0.15, 0.2) is 0 Å². The lowest BCUT2D eigenvalue weighted by molar-refractivity contribution is 0.588. The third-order valence-corrected chi connectivity index (χ3v) is 4.25. The van der Waals surface area contributed by atoms with E-state index in [1.165, 1.54) is 11.4 Å². The molecule has 104 valence electrons. The Morgan fingerprint density at radius 2 is 2.16 bits per heavy atom. The summed E-state index contributed by atoms with van der Waals surface area (Å²) in [5.41, 5.74) is 9.29. The van der Waals surface area contributed by atoms with Gasteiger partial charge in [0.1, 0.15) is 0 Å². The highest BCUT2D eigenvalue weighted by atomic mass is 79.9. The van der Waals surface area contributed by atoms with E-state index in [4.69, 9.17) is 5.73 Å². The molecule has 2 aromatic rings. The van der Waals surface area contributed by atoms with Gasteiger partial charge in [-0.3, -0.25) is 4.68 Å². The Morgan fingerprint density at radius 1 is 1.37 bits per heavy atom. The molecular formula is C14H21BrN4. The molecule has 0 radical (unpaired) electrons. The molecule has 2 N–H and O–H groups in total. The number of hydrogen-bond donors (Lipinski definition) is 1. The number of hydrogen-bond acceptors (Lipinski definition) is 2. The van der Waals surface area contributed by atoms with Gasteiger partial charge in [-0.25, -0.2) is 0 Å². The van der Waals surface area contributed by atoms with Crippen LogP contribution < -0.4 is 5.73 Å². The Labute approximate surface area is 122 Å². The smallest absolute Gasteiger partial charge is 0.0767 e. The standard InChI is InChI=1S/C14H21BrN4/c1-3-12-14(15)13(19(4-2)17-12)10-18-9-5-6-11(18)7-8-16/h5-6,9H,3-4,7-8,10,16H2,1-2H3. The van der Waals surface area contributed by atoms with Crippen LogP contribution >= 0.6 is 15.9 Å². The molecule has 19 heavy (non-hydrogen) atoms. The molecule has 0 unspecified atom stereocenters. The summed E-state index contributed by atoms with van der Waals surface area (Å²) in [6, 6.07) is 4.21. The van der Waals surface area contributed by atoms with E-state index < -0.39 is 0 Å². The van der Waals surface area contributed by atoms with Crippen LogP contribution in [0.25, 0.3) is 0 Å². The van der Waals surface area contributed by atoms with Crippen LogP contribution in [0, 0.1) is 0 Å². The quantitative estimate of drug-likeness (QED) is 0.887. The topological polar surface area (TPSA) is 48.8 Å². The molecule has 2 rings (SSSR count). The summed E-state index contributed by atoms with van der Waals surface area (Å²) in [6.45, 7) is 6.66. The van der Waals surface area contributed by atoms with E-state index in [0.29, 0.717) is 6.54 Å². The number of nitrogens with two attached hydrogens (primary N) is 1. The van der Waals surface area contributed by atoms with Gasteiger partial charge in [-0.15, -0.1) is 0 Å². The van der Waals surface area contributed by atoms with Crippen LogP contribution in [0.4, 0.5) is 0 Å². The van der Waals surface area contributed by atoms with Gasteiger partial charge in [0.25, 0.3) is 0 Å². The van der Waals surface area contributed by atoms with Crippen molar-refractivity contribution in [1.82, 2.24) is 14.3 Å². The molecule has 2 aromatic heterocycles. The second kappa shape index (κ2) is 6.39. The van der Waals surface area contributed by atoms with Crippen LogP contribution in [0.2, 0.25) is 0 Å². The number of nitrogens with zero attached hydrogens (tertiary/aromatic N) is 3. The molecule has 0 saturated carbocycles. The Bertz CT molecular complexity index is 542. The minimum atomic E-state index is 0.679. The molecule has 0 aliphatic rings. The molecule has 0 aromatic carbocycles. The van der Waals surface area contributed by atoms with Crippen molar-refractivity contribution < 1.29 is 0 Å². The average Bonchev–Trinajstić information content (AvgIpc) is 2.97. The summed E-state index contributed by atoms with van der Waals surface area (Å²) >= 11 is 3.69. The van der Waals surface area contributed by atoms with Crippen molar-refractivity contribution in [2.45, 2.75) is 39.8 Å². The largest absolute Gasteiger partial charge is 0.345 e. The molecule has 2 heterocycles. The zero-order valence-corrected chi connectivity index (χ0v) is 13.2. The Morgan fingerprint density at radius 3 is 2.79 bits per heavy atom. The van der Waals surface area contributed by atoms with Crippen molar-refractivity contribution in [3.8, 4) is 0 Å². The lowest BCUT2D eigenvalue weighted by Crippen LogP contribution is -2.12. The predicted molar refractivity (Wildman–Crippen MR) is 81.3 cm³/mol. The molecule has 0 atom stereocenters. The van der Waals surface area contributed by atoms with Gasteiger partial charge in [-0.1, -0.05) is 6.92 Å². The van der Waals surface area contributed by atoms with E-state index >= 15 is 0 Å². The first-order valence-corrected chi connectivity index (χ1v) is 7.58. The van der Waals surface area contributed by atoms with Gasteiger partial charge < -0.3 is 10.3 Å². The average molecular weight is 325 g/mol. The highest BCUT2D eigenvalue weighted by molar-refractivity contribution is 9.10.